The average Bonchev–Trinajstić information content (AvgIpc) is 2.78. The van der Waals surface area contributed by atoms with Gasteiger partial charge in [-0.2, -0.15) is 0 Å². The van der Waals surface area contributed by atoms with Gasteiger partial charge >= 0.3 is 0 Å². The van der Waals surface area contributed by atoms with E-state index in [4.69, 9.17) is 11.6 Å². The molecule has 10 heteroatoms. The second-order valence-electron chi connectivity index (χ2n) is 6.68. The van der Waals surface area contributed by atoms with E-state index in [0.29, 0.717) is 11.3 Å². The third-order valence-electron chi connectivity index (χ3n) is 4.49. The van der Waals surface area contributed by atoms with Gasteiger partial charge in [0.15, 0.2) is 0 Å². The van der Waals surface area contributed by atoms with Gasteiger partial charge in [-0.15, -0.1) is 0 Å². The Morgan fingerprint density at radius 1 is 0.844 bits per heavy atom. The second kappa shape index (κ2) is 9.71. The highest BCUT2D eigenvalue weighted by Gasteiger charge is 2.17. The monoisotopic (exact) mass is 452 g/mol. The minimum atomic E-state index is -0.750. The zero-order chi connectivity index (χ0) is 23.3. The molecule has 0 aliphatic carbocycles. The minimum Gasteiger partial charge on any atom is -0.322 e. The van der Waals surface area contributed by atoms with Crippen molar-refractivity contribution in [2.45, 2.75) is 6.92 Å². The average molecular weight is 453 g/mol. The molecule has 0 unspecified atom stereocenters. The normalized spacial score (nSPS) is 10.2. The number of carbonyl (C=O) groups is 3. The molecular formula is C22H17ClN4O5. The first-order valence-electron chi connectivity index (χ1n) is 9.28. The van der Waals surface area contributed by atoms with Gasteiger partial charge in [0.1, 0.15) is 5.02 Å². The maximum atomic E-state index is 12.4. The Labute approximate surface area is 187 Å². The number of carbonyl (C=O) groups excluding carboxylic acids is 3. The van der Waals surface area contributed by atoms with Crippen LogP contribution in [-0.4, -0.2) is 22.6 Å². The van der Waals surface area contributed by atoms with Crippen molar-refractivity contribution in [3.05, 3.63) is 104 Å². The molecular weight excluding hydrogens is 436 g/mol. The van der Waals surface area contributed by atoms with Crippen molar-refractivity contribution in [2.75, 3.05) is 5.32 Å². The lowest BCUT2D eigenvalue weighted by atomic mass is 10.1. The van der Waals surface area contributed by atoms with Crippen LogP contribution in [0, 0.1) is 17.0 Å². The molecule has 9 nitrogen and oxygen atoms in total. The molecule has 0 aliphatic heterocycles. The molecule has 0 aromatic heterocycles. The summed E-state index contributed by atoms with van der Waals surface area (Å²) in [6.45, 7) is 1.83. The molecule has 3 aromatic rings. The SMILES string of the molecule is Cc1ccccc1C(=O)Nc1ccc(C(=O)NNC(=O)c2ccc(Cl)c([N+](=O)[O-])c2)cc1. The molecule has 0 saturated carbocycles. The van der Waals surface area contributed by atoms with E-state index in [1.807, 2.05) is 19.1 Å². The summed E-state index contributed by atoms with van der Waals surface area (Å²) in [6, 6.07) is 16.7. The summed E-state index contributed by atoms with van der Waals surface area (Å²) in [6.07, 6.45) is 0. The first-order chi connectivity index (χ1) is 15.3. The van der Waals surface area contributed by atoms with Crippen molar-refractivity contribution in [3.8, 4) is 0 Å². The number of halogens is 1. The molecule has 0 atom stereocenters. The number of hydrogen-bond donors (Lipinski definition) is 3. The Kier molecular flexibility index (Phi) is 6.81. The van der Waals surface area contributed by atoms with Crippen molar-refractivity contribution in [1.29, 1.82) is 0 Å². The molecule has 3 rings (SSSR count). The van der Waals surface area contributed by atoms with Gasteiger partial charge < -0.3 is 5.32 Å². The highest BCUT2D eigenvalue weighted by atomic mass is 35.5. The zero-order valence-corrected chi connectivity index (χ0v) is 17.5. The van der Waals surface area contributed by atoms with Gasteiger partial charge in [-0.3, -0.25) is 35.3 Å². The highest BCUT2D eigenvalue weighted by Crippen LogP contribution is 2.25. The van der Waals surface area contributed by atoms with Crippen molar-refractivity contribution in [3.63, 3.8) is 0 Å². The lowest BCUT2D eigenvalue weighted by Crippen LogP contribution is -2.41. The number of hydrogen-bond acceptors (Lipinski definition) is 5. The Morgan fingerprint density at radius 2 is 1.44 bits per heavy atom. The summed E-state index contributed by atoms with van der Waals surface area (Å²) in [4.78, 5) is 47.0. The summed E-state index contributed by atoms with van der Waals surface area (Å²) in [7, 11) is 0. The lowest BCUT2D eigenvalue weighted by molar-refractivity contribution is -0.384. The molecule has 0 heterocycles. The fraction of sp³-hybridized carbons (Fsp3) is 0.0455. The van der Waals surface area contributed by atoms with Crippen LogP contribution >= 0.6 is 11.6 Å². The van der Waals surface area contributed by atoms with Gasteiger partial charge in [0, 0.05) is 28.4 Å². The minimum absolute atomic E-state index is 0.0457. The zero-order valence-electron chi connectivity index (χ0n) is 16.7. The molecule has 0 radical (unpaired) electrons. The standard InChI is InChI=1S/C22H17ClN4O5/c1-13-4-2-3-5-17(13)22(30)24-16-9-6-14(7-10-16)20(28)25-26-21(29)15-8-11-18(23)19(12-15)27(31)32/h2-12H,1H3,(H,24,30)(H,25,28)(H,26,29). The number of benzene rings is 3. The van der Waals surface area contributed by atoms with E-state index in [2.05, 4.69) is 16.2 Å². The fourth-order valence-electron chi connectivity index (χ4n) is 2.78. The van der Waals surface area contributed by atoms with Crippen LogP contribution in [0.2, 0.25) is 5.02 Å². The predicted molar refractivity (Wildman–Crippen MR) is 119 cm³/mol. The second-order valence-corrected chi connectivity index (χ2v) is 7.09. The maximum absolute atomic E-state index is 12.4. The van der Waals surface area contributed by atoms with E-state index in [1.165, 1.54) is 24.3 Å². The third-order valence-corrected chi connectivity index (χ3v) is 4.81. The van der Waals surface area contributed by atoms with Crippen molar-refractivity contribution in [2.24, 2.45) is 0 Å². The van der Waals surface area contributed by atoms with E-state index in [9.17, 15) is 24.5 Å². The van der Waals surface area contributed by atoms with E-state index < -0.39 is 22.4 Å². The molecule has 162 valence electrons. The van der Waals surface area contributed by atoms with Gasteiger partial charge in [0.05, 0.1) is 4.92 Å². The van der Waals surface area contributed by atoms with E-state index in [0.717, 1.165) is 11.6 Å². The largest absolute Gasteiger partial charge is 0.322 e. The van der Waals surface area contributed by atoms with Crippen LogP contribution in [0.3, 0.4) is 0 Å². The van der Waals surface area contributed by atoms with Crippen LogP contribution in [-0.2, 0) is 0 Å². The van der Waals surface area contributed by atoms with Crippen LogP contribution in [0.15, 0.2) is 66.7 Å². The van der Waals surface area contributed by atoms with Crippen molar-refractivity contribution >= 4 is 40.7 Å². The summed E-state index contributed by atoms with van der Waals surface area (Å²) < 4.78 is 0. The number of hydrazine groups is 1. The number of aryl methyl sites for hydroxylation is 1. The summed E-state index contributed by atoms with van der Waals surface area (Å²) in [5.41, 5.74) is 6.03. The first-order valence-corrected chi connectivity index (χ1v) is 9.65. The summed E-state index contributed by atoms with van der Waals surface area (Å²) >= 11 is 5.72. The molecule has 0 saturated heterocycles. The van der Waals surface area contributed by atoms with Gasteiger partial charge in [-0.25, -0.2) is 0 Å². The number of anilines is 1. The molecule has 32 heavy (non-hydrogen) atoms. The fourth-order valence-corrected chi connectivity index (χ4v) is 2.97. The van der Waals surface area contributed by atoms with Crippen LogP contribution in [0.5, 0.6) is 0 Å². The predicted octanol–water partition coefficient (Wildman–Crippen LogP) is 3.88. The Balaban J connectivity index is 1.60. The van der Waals surface area contributed by atoms with Gasteiger partial charge in [0.2, 0.25) is 0 Å². The molecule has 3 aromatic carbocycles. The summed E-state index contributed by atoms with van der Waals surface area (Å²) in [5.74, 6) is -1.64. The Bertz CT molecular complexity index is 1210. The molecule has 0 bridgehead atoms. The van der Waals surface area contributed by atoms with Crippen LogP contribution in [0.25, 0.3) is 0 Å². The third kappa shape index (κ3) is 5.27. The number of nitrogens with one attached hydrogen (secondary N) is 3. The first kappa shape index (κ1) is 22.4. The summed E-state index contributed by atoms with van der Waals surface area (Å²) in [5, 5.41) is 13.6. The van der Waals surface area contributed by atoms with Crippen molar-refractivity contribution < 1.29 is 19.3 Å². The molecule has 3 N–H and O–H groups in total. The number of nitrogens with zero attached hydrogens (tertiary/aromatic N) is 1. The highest BCUT2D eigenvalue weighted by molar-refractivity contribution is 6.32. The molecule has 0 spiro atoms. The maximum Gasteiger partial charge on any atom is 0.288 e. The number of nitro benzene ring substituents is 1. The number of nitro groups is 1. The van der Waals surface area contributed by atoms with E-state index >= 15 is 0 Å². The Hall–Kier alpha value is -4.24. The van der Waals surface area contributed by atoms with Gasteiger partial charge in [-0.05, 0) is 55.0 Å². The van der Waals surface area contributed by atoms with Crippen molar-refractivity contribution in [1.82, 2.24) is 10.9 Å². The molecule has 0 fully saturated rings. The smallest absolute Gasteiger partial charge is 0.288 e. The number of amides is 3. The van der Waals surface area contributed by atoms with E-state index in [-0.39, 0.29) is 22.1 Å². The molecule has 3 amide bonds. The van der Waals surface area contributed by atoms with Gasteiger partial charge in [0.25, 0.3) is 23.4 Å². The van der Waals surface area contributed by atoms with Crippen LogP contribution < -0.4 is 16.2 Å². The van der Waals surface area contributed by atoms with Gasteiger partial charge in [-0.1, -0.05) is 29.8 Å². The Morgan fingerprint density at radius 3 is 2.06 bits per heavy atom. The molecule has 0 aliphatic rings. The topological polar surface area (TPSA) is 130 Å². The van der Waals surface area contributed by atoms with E-state index in [1.54, 1.807) is 24.3 Å². The lowest BCUT2D eigenvalue weighted by Gasteiger charge is -2.10. The quantitative estimate of drug-likeness (QED) is 0.399. The number of rotatable bonds is 5. The van der Waals surface area contributed by atoms with Crippen LogP contribution in [0.4, 0.5) is 11.4 Å². The van der Waals surface area contributed by atoms with Crippen LogP contribution in [0.1, 0.15) is 36.6 Å².